The zero-order chi connectivity index (χ0) is 10.6. The molecule has 1 heterocycles. The number of nitrogens with two attached hydrogens (primary N) is 1. The van der Waals surface area contributed by atoms with Crippen molar-refractivity contribution in [1.82, 2.24) is 4.90 Å². The van der Waals surface area contributed by atoms with E-state index in [0.29, 0.717) is 6.04 Å². The van der Waals surface area contributed by atoms with Crippen molar-refractivity contribution in [2.75, 3.05) is 26.8 Å². The van der Waals surface area contributed by atoms with Crippen molar-refractivity contribution in [2.45, 2.75) is 44.7 Å². The topological polar surface area (TPSA) is 38.5 Å². The van der Waals surface area contributed by atoms with E-state index in [0.717, 1.165) is 39.0 Å². The molecular formula is C11H24N2O. The molecule has 2 N–H and O–H groups in total. The van der Waals surface area contributed by atoms with E-state index in [-0.39, 0.29) is 5.54 Å². The largest absolute Gasteiger partial charge is 0.380 e. The first-order valence-electron chi connectivity index (χ1n) is 5.68. The molecule has 0 bridgehead atoms. The maximum Gasteiger partial charge on any atom is 0.0622 e. The van der Waals surface area contributed by atoms with Gasteiger partial charge >= 0.3 is 0 Å². The van der Waals surface area contributed by atoms with Gasteiger partial charge in [0.1, 0.15) is 0 Å². The van der Waals surface area contributed by atoms with Gasteiger partial charge in [-0.15, -0.1) is 0 Å². The van der Waals surface area contributed by atoms with E-state index in [1.165, 1.54) is 0 Å². The molecule has 1 unspecified atom stereocenters. The van der Waals surface area contributed by atoms with E-state index in [9.17, 15) is 0 Å². The minimum Gasteiger partial charge on any atom is -0.380 e. The van der Waals surface area contributed by atoms with Crippen molar-refractivity contribution < 1.29 is 4.74 Å². The third kappa shape index (κ3) is 2.94. The molecule has 1 aliphatic rings. The van der Waals surface area contributed by atoms with Crippen LogP contribution in [0.4, 0.5) is 0 Å². The number of ether oxygens (including phenoxy) is 1. The van der Waals surface area contributed by atoms with Crippen LogP contribution in [-0.4, -0.2) is 43.3 Å². The van der Waals surface area contributed by atoms with E-state index in [2.05, 4.69) is 25.8 Å². The molecule has 0 saturated carbocycles. The molecule has 84 valence electrons. The monoisotopic (exact) mass is 200 g/mol. The minimum atomic E-state index is -0.0165. The number of nitrogens with zero attached hydrogens (tertiary/aromatic N) is 1. The summed E-state index contributed by atoms with van der Waals surface area (Å²) in [5.74, 6) is 0. The molecule has 0 aliphatic carbocycles. The molecule has 1 atom stereocenters. The molecule has 0 amide bonds. The molecule has 1 fully saturated rings. The quantitative estimate of drug-likeness (QED) is 0.725. The Morgan fingerprint density at radius 1 is 1.43 bits per heavy atom. The maximum absolute atomic E-state index is 6.28. The van der Waals surface area contributed by atoms with Gasteiger partial charge in [0.05, 0.1) is 6.61 Å². The molecule has 3 heteroatoms. The van der Waals surface area contributed by atoms with Gasteiger partial charge in [0.2, 0.25) is 0 Å². The van der Waals surface area contributed by atoms with E-state index < -0.39 is 0 Å². The highest BCUT2D eigenvalue weighted by molar-refractivity contribution is 4.86. The van der Waals surface area contributed by atoms with E-state index in [1.807, 2.05) is 0 Å². The average molecular weight is 200 g/mol. The summed E-state index contributed by atoms with van der Waals surface area (Å²) < 4.78 is 5.38. The molecule has 1 rings (SSSR count). The van der Waals surface area contributed by atoms with Gasteiger partial charge in [0.25, 0.3) is 0 Å². The number of hydrogen-bond acceptors (Lipinski definition) is 3. The second-order valence-electron chi connectivity index (χ2n) is 4.50. The first kappa shape index (κ1) is 12.0. The van der Waals surface area contributed by atoms with Gasteiger partial charge in [-0.1, -0.05) is 13.8 Å². The predicted molar refractivity (Wildman–Crippen MR) is 59.4 cm³/mol. The van der Waals surface area contributed by atoms with Crippen molar-refractivity contribution in [2.24, 2.45) is 5.73 Å². The van der Waals surface area contributed by atoms with Crippen molar-refractivity contribution in [1.29, 1.82) is 0 Å². The number of likely N-dealkylation sites (N-methyl/N-ethyl adjacent to an activating group) is 1. The Morgan fingerprint density at radius 2 is 2.07 bits per heavy atom. The first-order chi connectivity index (χ1) is 6.61. The Morgan fingerprint density at radius 3 is 2.50 bits per heavy atom. The van der Waals surface area contributed by atoms with Gasteiger partial charge in [0, 0.05) is 24.7 Å². The Hall–Kier alpha value is -0.120. The Kier molecular flexibility index (Phi) is 4.35. The summed E-state index contributed by atoms with van der Waals surface area (Å²) in [7, 11) is 2.16. The smallest absolute Gasteiger partial charge is 0.0622 e. The molecule has 1 aliphatic heterocycles. The van der Waals surface area contributed by atoms with Crippen molar-refractivity contribution in [3.05, 3.63) is 0 Å². The van der Waals surface area contributed by atoms with E-state index >= 15 is 0 Å². The van der Waals surface area contributed by atoms with Crippen molar-refractivity contribution >= 4 is 0 Å². The van der Waals surface area contributed by atoms with Gasteiger partial charge in [0.15, 0.2) is 0 Å². The molecule has 0 aromatic heterocycles. The fraction of sp³-hybridized carbons (Fsp3) is 1.00. The van der Waals surface area contributed by atoms with Crippen LogP contribution in [0.2, 0.25) is 0 Å². The van der Waals surface area contributed by atoms with Crippen LogP contribution in [0.5, 0.6) is 0 Å². The van der Waals surface area contributed by atoms with Gasteiger partial charge in [-0.25, -0.2) is 0 Å². The Labute approximate surface area is 87.6 Å². The summed E-state index contributed by atoms with van der Waals surface area (Å²) in [6, 6.07) is 0.580. The zero-order valence-electron chi connectivity index (χ0n) is 9.75. The van der Waals surface area contributed by atoms with Crippen LogP contribution in [0.1, 0.15) is 33.1 Å². The summed E-state index contributed by atoms with van der Waals surface area (Å²) in [6.07, 6.45) is 3.24. The second kappa shape index (κ2) is 5.10. The van der Waals surface area contributed by atoms with Crippen LogP contribution in [0.15, 0.2) is 0 Å². The number of hydrogen-bond donors (Lipinski definition) is 1. The van der Waals surface area contributed by atoms with E-state index in [4.69, 9.17) is 10.5 Å². The highest BCUT2D eigenvalue weighted by atomic mass is 16.5. The van der Waals surface area contributed by atoms with Gasteiger partial charge < -0.3 is 10.5 Å². The lowest BCUT2D eigenvalue weighted by Crippen LogP contribution is -2.51. The first-order valence-corrected chi connectivity index (χ1v) is 5.68. The lowest BCUT2D eigenvalue weighted by molar-refractivity contribution is 0.140. The third-order valence-electron chi connectivity index (χ3n) is 3.50. The summed E-state index contributed by atoms with van der Waals surface area (Å²) >= 11 is 0. The zero-order valence-corrected chi connectivity index (χ0v) is 9.75. The molecule has 0 aromatic carbocycles. The van der Waals surface area contributed by atoms with Crippen LogP contribution in [0.25, 0.3) is 0 Å². The molecule has 1 saturated heterocycles. The Balaban J connectivity index is 2.41. The normalized spacial score (nSPS) is 23.4. The van der Waals surface area contributed by atoms with Gasteiger partial charge in [-0.05, 0) is 26.3 Å². The fourth-order valence-electron chi connectivity index (χ4n) is 1.97. The summed E-state index contributed by atoms with van der Waals surface area (Å²) in [6.45, 7) is 7.10. The lowest BCUT2D eigenvalue weighted by Gasteiger charge is -2.34. The fourth-order valence-corrected chi connectivity index (χ4v) is 1.97. The molecule has 3 nitrogen and oxygen atoms in total. The third-order valence-corrected chi connectivity index (χ3v) is 3.50. The minimum absolute atomic E-state index is 0.0165. The van der Waals surface area contributed by atoms with Gasteiger partial charge in [-0.2, -0.15) is 0 Å². The molecular weight excluding hydrogens is 176 g/mol. The second-order valence-corrected chi connectivity index (χ2v) is 4.50. The predicted octanol–water partition coefficient (Wildman–Crippen LogP) is 1.22. The van der Waals surface area contributed by atoms with Crippen LogP contribution in [-0.2, 0) is 4.74 Å². The lowest BCUT2D eigenvalue weighted by atomic mass is 9.93. The standard InChI is InChI=1S/C11H24N2O/c1-4-11(12,5-2)9-13(3)10-6-7-14-8-10/h10H,4-9,12H2,1-3H3. The molecule has 0 aromatic rings. The van der Waals surface area contributed by atoms with Crippen LogP contribution in [0, 0.1) is 0 Å². The molecule has 14 heavy (non-hydrogen) atoms. The SMILES string of the molecule is CCC(N)(CC)CN(C)C1CCOC1. The Bertz CT molecular complexity index is 163. The van der Waals surface area contributed by atoms with Crippen LogP contribution in [0.3, 0.4) is 0 Å². The number of rotatable bonds is 5. The van der Waals surface area contributed by atoms with E-state index in [1.54, 1.807) is 0 Å². The highest BCUT2D eigenvalue weighted by Crippen LogP contribution is 2.17. The maximum atomic E-state index is 6.28. The van der Waals surface area contributed by atoms with Crippen molar-refractivity contribution in [3.63, 3.8) is 0 Å². The van der Waals surface area contributed by atoms with Crippen LogP contribution < -0.4 is 5.73 Å². The average Bonchev–Trinajstić information content (AvgIpc) is 2.70. The molecule has 0 radical (unpaired) electrons. The van der Waals surface area contributed by atoms with Crippen molar-refractivity contribution in [3.8, 4) is 0 Å². The highest BCUT2D eigenvalue weighted by Gasteiger charge is 2.27. The van der Waals surface area contributed by atoms with Crippen LogP contribution >= 0.6 is 0 Å². The summed E-state index contributed by atoms with van der Waals surface area (Å²) in [5, 5.41) is 0. The summed E-state index contributed by atoms with van der Waals surface area (Å²) in [4.78, 5) is 2.36. The van der Waals surface area contributed by atoms with Gasteiger partial charge in [-0.3, -0.25) is 4.90 Å². The summed E-state index contributed by atoms with van der Waals surface area (Å²) in [5.41, 5.74) is 6.27. The molecule has 0 spiro atoms.